The lowest BCUT2D eigenvalue weighted by atomic mass is 9.63. The molecule has 0 aromatic rings. The quantitative estimate of drug-likeness (QED) is 0.601. The van der Waals surface area contributed by atoms with Gasteiger partial charge in [0.25, 0.3) is 0 Å². The second-order valence-electron chi connectivity index (χ2n) is 4.02. The average molecular weight is 127 g/mol. The molecule has 0 heterocycles. The minimum atomic E-state index is 0.639. The molecule has 1 nitrogen and oxygen atoms in total. The van der Waals surface area contributed by atoms with Crippen molar-refractivity contribution in [2.45, 2.75) is 33.1 Å². The molecule has 0 aromatic carbocycles. The van der Waals surface area contributed by atoms with Gasteiger partial charge in [0.05, 0.1) is 0 Å². The minimum Gasteiger partial charge on any atom is -0.330 e. The first-order valence-corrected chi connectivity index (χ1v) is 3.84. The normalized spacial score (nSPS) is 25.7. The van der Waals surface area contributed by atoms with Gasteiger partial charge in [0.1, 0.15) is 0 Å². The molecule has 54 valence electrons. The van der Waals surface area contributed by atoms with E-state index in [0.717, 1.165) is 12.5 Å². The smallest absolute Gasteiger partial charge is 0.00746 e. The molecule has 0 bridgehead atoms. The molecular formula is C8H17N. The maximum atomic E-state index is 5.43. The summed E-state index contributed by atoms with van der Waals surface area (Å²) in [6.07, 6.45) is 4.03. The Morgan fingerprint density at radius 2 is 2.00 bits per heavy atom. The Balaban J connectivity index is 2.12. The topological polar surface area (TPSA) is 26.0 Å². The third-order valence-electron chi connectivity index (χ3n) is 2.26. The van der Waals surface area contributed by atoms with Crippen LogP contribution >= 0.6 is 0 Å². The predicted octanol–water partition coefficient (Wildman–Crippen LogP) is 1.77. The van der Waals surface area contributed by atoms with Gasteiger partial charge in [-0.2, -0.15) is 0 Å². The molecular weight excluding hydrogens is 110 g/mol. The van der Waals surface area contributed by atoms with E-state index in [1.54, 1.807) is 0 Å². The summed E-state index contributed by atoms with van der Waals surface area (Å²) in [6, 6.07) is 0. The molecule has 0 aliphatic heterocycles. The van der Waals surface area contributed by atoms with Crippen LogP contribution in [0.15, 0.2) is 0 Å². The van der Waals surface area contributed by atoms with E-state index in [9.17, 15) is 0 Å². The van der Waals surface area contributed by atoms with Crippen molar-refractivity contribution in [1.29, 1.82) is 0 Å². The number of nitrogens with two attached hydrogens (primary N) is 1. The first-order chi connectivity index (χ1) is 4.14. The van der Waals surface area contributed by atoms with E-state index in [2.05, 4.69) is 13.8 Å². The highest BCUT2D eigenvalue weighted by Crippen LogP contribution is 2.45. The Morgan fingerprint density at radius 1 is 1.44 bits per heavy atom. The first kappa shape index (κ1) is 7.07. The summed E-state index contributed by atoms with van der Waals surface area (Å²) < 4.78 is 0. The van der Waals surface area contributed by atoms with Gasteiger partial charge in [0, 0.05) is 0 Å². The molecule has 0 spiro atoms. The maximum absolute atomic E-state index is 5.43. The van der Waals surface area contributed by atoms with Gasteiger partial charge in [-0.15, -0.1) is 0 Å². The molecule has 1 aliphatic rings. The lowest BCUT2D eigenvalue weighted by Gasteiger charge is -2.42. The van der Waals surface area contributed by atoms with E-state index in [1.165, 1.54) is 19.3 Å². The maximum Gasteiger partial charge on any atom is -0.00746 e. The Kier molecular flexibility index (Phi) is 1.80. The summed E-state index contributed by atoms with van der Waals surface area (Å²) in [5, 5.41) is 0. The highest BCUT2D eigenvalue weighted by Gasteiger charge is 2.34. The first-order valence-electron chi connectivity index (χ1n) is 3.84. The Morgan fingerprint density at radius 3 is 2.33 bits per heavy atom. The van der Waals surface area contributed by atoms with Gasteiger partial charge in [-0.05, 0) is 37.1 Å². The van der Waals surface area contributed by atoms with Gasteiger partial charge < -0.3 is 5.73 Å². The number of hydrogen-bond donors (Lipinski definition) is 1. The number of rotatable bonds is 2. The molecule has 0 atom stereocenters. The second-order valence-corrected chi connectivity index (χ2v) is 4.02. The Bertz CT molecular complexity index is 88.7. The zero-order valence-electron chi connectivity index (χ0n) is 6.48. The van der Waals surface area contributed by atoms with Crippen LogP contribution in [-0.2, 0) is 0 Å². The molecule has 0 radical (unpaired) electrons. The van der Waals surface area contributed by atoms with Crippen molar-refractivity contribution in [1.82, 2.24) is 0 Å². The van der Waals surface area contributed by atoms with Crippen LogP contribution in [-0.4, -0.2) is 6.54 Å². The lowest BCUT2D eigenvalue weighted by Crippen LogP contribution is -2.32. The zero-order chi connectivity index (χ0) is 6.91. The van der Waals surface area contributed by atoms with Crippen LogP contribution in [0.3, 0.4) is 0 Å². The Labute approximate surface area is 57.6 Å². The summed E-state index contributed by atoms with van der Waals surface area (Å²) in [7, 11) is 0. The van der Waals surface area contributed by atoms with Crippen LogP contribution < -0.4 is 5.73 Å². The summed E-state index contributed by atoms with van der Waals surface area (Å²) in [6.45, 7) is 5.54. The fourth-order valence-corrected chi connectivity index (χ4v) is 1.94. The molecule has 1 heteroatoms. The van der Waals surface area contributed by atoms with Gasteiger partial charge in [0.2, 0.25) is 0 Å². The van der Waals surface area contributed by atoms with Crippen molar-refractivity contribution in [2.24, 2.45) is 17.1 Å². The van der Waals surface area contributed by atoms with Crippen molar-refractivity contribution in [3.63, 3.8) is 0 Å². The summed E-state index contributed by atoms with van der Waals surface area (Å²) in [5.41, 5.74) is 6.07. The lowest BCUT2D eigenvalue weighted by molar-refractivity contribution is 0.0918. The van der Waals surface area contributed by atoms with Crippen LogP contribution in [0, 0.1) is 11.3 Å². The number of hydrogen-bond acceptors (Lipinski definition) is 1. The van der Waals surface area contributed by atoms with E-state index in [1.807, 2.05) is 0 Å². The predicted molar refractivity (Wildman–Crippen MR) is 40.2 cm³/mol. The molecule has 1 rings (SSSR count). The van der Waals surface area contributed by atoms with Crippen LogP contribution in [0.2, 0.25) is 0 Å². The summed E-state index contributed by atoms with van der Waals surface area (Å²) >= 11 is 0. The molecule has 1 aliphatic carbocycles. The van der Waals surface area contributed by atoms with Gasteiger partial charge >= 0.3 is 0 Å². The van der Waals surface area contributed by atoms with Crippen molar-refractivity contribution in [3.8, 4) is 0 Å². The summed E-state index contributed by atoms with van der Waals surface area (Å²) in [5.74, 6) is 0.949. The highest BCUT2D eigenvalue weighted by molar-refractivity contribution is 4.86. The fourth-order valence-electron chi connectivity index (χ4n) is 1.94. The molecule has 0 amide bonds. The molecule has 1 saturated carbocycles. The van der Waals surface area contributed by atoms with Crippen molar-refractivity contribution < 1.29 is 0 Å². The van der Waals surface area contributed by atoms with Crippen LogP contribution in [0.4, 0.5) is 0 Å². The van der Waals surface area contributed by atoms with Crippen LogP contribution in [0.25, 0.3) is 0 Å². The van der Waals surface area contributed by atoms with Crippen LogP contribution in [0.5, 0.6) is 0 Å². The van der Waals surface area contributed by atoms with Gasteiger partial charge in [-0.1, -0.05) is 13.8 Å². The average Bonchev–Trinajstić information content (AvgIpc) is 1.62. The standard InChI is InChI=1S/C8H17N/c1-8(2)5-7(6-8)3-4-9/h7H,3-6,9H2,1-2H3. The molecule has 0 unspecified atom stereocenters. The van der Waals surface area contributed by atoms with E-state index in [4.69, 9.17) is 5.73 Å². The van der Waals surface area contributed by atoms with E-state index in [0.29, 0.717) is 5.41 Å². The van der Waals surface area contributed by atoms with Crippen molar-refractivity contribution in [2.75, 3.05) is 6.54 Å². The molecule has 1 fully saturated rings. The van der Waals surface area contributed by atoms with Crippen LogP contribution in [0.1, 0.15) is 33.1 Å². The SMILES string of the molecule is CC1(C)CC(CCN)C1. The second kappa shape index (κ2) is 2.30. The molecule has 0 aromatic heterocycles. The fraction of sp³-hybridized carbons (Fsp3) is 1.00. The largest absolute Gasteiger partial charge is 0.330 e. The molecule has 9 heavy (non-hydrogen) atoms. The van der Waals surface area contributed by atoms with E-state index in [-0.39, 0.29) is 0 Å². The van der Waals surface area contributed by atoms with Gasteiger partial charge in [-0.25, -0.2) is 0 Å². The molecule has 0 saturated heterocycles. The van der Waals surface area contributed by atoms with Crippen molar-refractivity contribution in [3.05, 3.63) is 0 Å². The zero-order valence-corrected chi connectivity index (χ0v) is 6.48. The summed E-state index contributed by atoms with van der Waals surface area (Å²) in [4.78, 5) is 0. The molecule has 2 N–H and O–H groups in total. The highest BCUT2D eigenvalue weighted by atomic mass is 14.5. The van der Waals surface area contributed by atoms with E-state index >= 15 is 0 Å². The minimum absolute atomic E-state index is 0.639. The van der Waals surface area contributed by atoms with Gasteiger partial charge in [-0.3, -0.25) is 0 Å². The van der Waals surface area contributed by atoms with Crippen molar-refractivity contribution >= 4 is 0 Å². The monoisotopic (exact) mass is 127 g/mol. The third kappa shape index (κ3) is 1.68. The third-order valence-corrected chi connectivity index (χ3v) is 2.26. The Hall–Kier alpha value is -0.0400. The van der Waals surface area contributed by atoms with Gasteiger partial charge in [0.15, 0.2) is 0 Å². The van der Waals surface area contributed by atoms with E-state index < -0.39 is 0 Å².